The predicted molar refractivity (Wildman–Crippen MR) is 96.5 cm³/mol. The standard InChI is InChI=1S/C15H15NO4S3/c1-11(9-12-5-3-2-4-6-12)10-13-14(17)16(15(21)22-13)7-8-23(18,19)20/h2-6,9-10H,7-8H2,1H3,(H,18,19,20)/b11-9-,13-10+. The van der Waals surface area contributed by atoms with Crippen LogP contribution in [0.25, 0.3) is 6.08 Å². The Labute approximate surface area is 144 Å². The molecule has 0 bridgehead atoms. The molecule has 1 fully saturated rings. The molecule has 1 amide bonds. The number of carbonyl (C=O) groups is 1. The summed E-state index contributed by atoms with van der Waals surface area (Å²) in [5.74, 6) is -0.879. The van der Waals surface area contributed by atoms with Crippen molar-refractivity contribution in [3.63, 3.8) is 0 Å². The second-order valence-corrected chi connectivity index (χ2v) is 8.17. The Balaban J connectivity index is 2.13. The predicted octanol–water partition coefficient (Wildman–Crippen LogP) is 2.72. The quantitative estimate of drug-likeness (QED) is 0.489. The summed E-state index contributed by atoms with van der Waals surface area (Å²) >= 11 is 6.22. The molecule has 0 aliphatic carbocycles. The number of hydrogen-bond acceptors (Lipinski definition) is 5. The normalized spacial score (nSPS) is 18.1. The lowest BCUT2D eigenvalue weighted by molar-refractivity contribution is -0.122. The summed E-state index contributed by atoms with van der Waals surface area (Å²) < 4.78 is 30.7. The van der Waals surface area contributed by atoms with E-state index in [1.165, 1.54) is 4.90 Å². The summed E-state index contributed by atoms with van der Waals surface area (Å²) in [6.45, 7) is 1.72. The SMILES string of the molecule is CC(=C/c1ccccc1)/C=C1/SC(=S)N(CCS(=O)(=O)O)C1=O. The molecule has 0 unspecified atom stereocenters. The van der Waals surface area contributed by atoms with Gasteiger partial charge in [-0.15, -0.1) is 0 Å². The van der Waals surface area contributed by atoms with Gasteiger partial charge >= 0.3 is 0 Å². The number of hydrogen-bond donors (Lipinski definition) is 1. The topological polar surface area (TPSA) is 74.7 Å². The Kier molecular flexibility index (Phi) is 5.74. The van der Waals surface area contributed by atoms with E-state index in [0.717, 1.165) is 22.9 Å². The third-order valence-electron chi connectivity index (χ3n) is 3.00. The molecule has 1 saturated heterocycles. The Morgan fingerprint density at radius 3 is 2.61 bits per heavy atom. The lowest BCUT2D eigenvalue weighted by Crippen LogP contribution is -2.32. The molecule has 1 aromatic rings. The maximum Gasteiger partial charge on any atom is 0.266 e. The van der Waals surface area contributed by atoms with E-state index >= 15 is 0 Å². The van der Waals surface area contributed by atoms with E-state index < -0.39 is 15.9 Å². The molecule has 8 heteroatoms. The fraction of sp³-hybridized carbons (Fsp3) is 0.200. The van der Waals surface area contributed by atoms with E-state index in [4.69, 9.17) is 16.8 Å². The molecule has 1 heterocycles. The summed E-state index contributed by atoms with van der Waals surface area (Å²) in [6.07, 6.45) is 3.66. The largest absolute Gasteiger partial charge is 0.292 e. The molecule has 122 valence electrons. The number of rotatable bonds is 5. The van der Waals surface area contributed by atoms with Gasteiger partial charge in [0.05, 0.1) is 10.7 Å². The van der Waals surface area contributed by atoms with Gasteiger partial charge in [-0.05, 0) is 24.1 Å². The summed E-state index contributed by atoms with van der Waals surface area (Å²) in [4.78, 5) is 13.9. The smallest absolute Gasteiger partial charge is 0.266 e. The van der Waals surface area contributed by atoms with Crippen LogP contribution >= 0.6 is 24.0 Å². The number of carbonyl (C=O) groups excluding carboxylic acids is 1. The van der Waals surface area contributed by atoms with Gasteiger partial charge in [-0.3, -0.25) is 14.2 Å². The van der Waals surface area contributed by atoms with E-state index in [9.17, 15) is 13.2 Å². The summed E-state index contributed by atoms with van der Waals surface area (Å²) in [5, 5.41) is 0. The van der Waals surface area contributed by atoms with Crippen LogP contribution in [0.3, 0.4) is 0 Å². The summed E-state index contributed by atoms with van der Waals surface area (Å²) in [7, 11) is -4.13. The Morgan fingerprint density at radius 1 is 1.35 bits per heavy atom. The molecule has 0 spiro atoms. The molecule has 0 aromatic heterocycles. The summed E-state index contributed by atoms with van der Waals surface area (Å²) in [6, 6.07) is 9.68. The van der Waals surface area contributed by atoms with Crippen LogP contribution in [-0.2, 0) is 14.9 Å². The van der Waals surface area contributed by atoms with Crippen molar-refractivity contribution in [2.24, 2.45) is 0 Å². The number of thioether (sulfide) groups is 1. The Morgan fingerprint density at radius 2 is 2.00 bits per heavy atom. The van der Waals surface area contributed by atoms with Gasteiger partial charge in [0.25, 0.3) is 16.0 Å². The molecule has 0 atom stereocenters. The van der Waals surface area contributed by atoms with Crippen molar-refractivity contribution in [3.05, 3.63) is 52.4 Å². The van der Waals surface area contributed by atoms with Gasteiger partial charge < -0.3 is 0 Å². The molecular formula is C15H15NO4S3. The minimum atomic E-state index is -4.13. The first-order valence-corrected chi connectivity index (χ1v) is 9.53. The average Bonchev–Trinajstić information content (AvgIpc) is 2.71. The monoisotopic (exact) mass is 369 g/mol. The lowest BCUT2D eigenvalue weighted by Gasteiger charge is -2.12. The number of amides is 1. The van der Waals surface area contributed by atoms with Crippen molar-refractivity contribution in [1.82, 2.24) is 4.90 Å². The lowest BCUT2D eigenvalue weighted by atomic mass is 10.1. The van der Waals surface area contributed by atoms with Crippen LogP contribution in [0, 0.1) is 0 Å². The molecule has 0 saturated carbocycles. The Hall–Kier alpha value is -1.48. The fourth-order valence-electron chi connectivity index (χ4n) is 1.96. The maximum atomic E-state index is 12.3. The van der Waals surface area contributed by atoms with E-state index in [0.29, 0.717) is 4.91 Å². The minimum Gasteiger partial charge on any atom is -0.292 e. The van der Waals surface area contributed by atoms with Crippen molar-refractivity contribution in [3.8, 4) is 0 Å². The first-order valence-electron chi connectivity index (χ1n) is 6.70. The third kappa shape index (κ3) is 5.28. The van der Waals surface area contributed by atoms with Gasteiger partial charge in [-0.25, -0.2) is 0 Å². The highest BCUT2D eigenvalue weighted by Crippen LogP contribution is 2.31. The molecule has 2 rings (SSSR count). The van der Waals surface area contributed by atoms with Crippen LogP contribution in [0.2, 0.25) is 0 Å². The van der Waals surface area contributed by atoms with E-state index in [2.05, 4.69) is 0 Å². The number of thiocarbonyl (C=S) groups is 1. The van der Waals surface area contributed by atoms with E-state index in [1.807, 2.05) is 43.3 Å². The number of benzene rings is 1. The summed E-state index contributed by atoms with van der Waals surface area (Å²) in [5.41, 5.74) is 1.90. The van der Waals surface area contributed by atoms with Crippen LogP contribution in [0.15, 0.2) is 46.9 Å². The second-order valence-electron chi connectivity index (χ2n) is 4.92. The van der Waals surface area contributed by atoms with Crippen LogP contribution in [0.4, 0.5) is 0 Å². The third-order valence-corrected chi connectivity index (χ3v) is 5.08. The van der Waals surface area contributed by atoms with Crippen LogP contribution in [0.5, 0.6) is 0 Å². The highest BCUT2D eigenvalue weighted by atomic mass is 32.2. The van der Waals surface area contributed by atoms with Gasteiger partial charge in [-0.2, -0.15) is 8.42 Å². The van der Waals surface area contributed by atoms with E-state index in [-0.39, 0.29) is 16.8 Å². The first-order chi connectivity index (χ1) is 10.8. The first kappa shape index (κ1) is 17.9. The minimum absolute atomic E-state index is 0.151. The molecule has 1 aliphatic heterocycles. The zero-order chi connectivity index (χ0) is 17.0. The van der Waals surface area contributed by atoms with Gasteiger partial charge in [0, 0.05) is 6.54 Å². The number of allylic oxidation sites excluding steroid dienone is 2. The highest BCUT2D eigenvalue weighted by Gasteiger charge is 2.32. The van der Waals surface area contributed by atoms with Crippen molar-refractivity contribution in [1.29, 1.82) is 0 Å². The highest BCUT2D eigenvalue weighted by molar-refractivity contribution is 8.26. The molecule has 1 aliphatic rings. The Bertz CT molecular complexity index is 782. The van der Waals surface area contributed by atoms with Gasteiger partial charge in [-0.1, -0.05) is 60.4 Å². The molecule has 0 radical (unpaired) electrons. The van der Waals surface area contributed by atoms with Crippen molar-refractivity contribution >= 4 is 50.4 Å². The second kappa shape index (κ2) is 7.39. The van der Waals surface area contributed by atoms with Crippen LogP contribution < -0.4 is 0 Å². The van der Waals surface area contributed by atoms with Crippen LogP contribution in [-0.4, -0.2) is 40.4 Å². The zero-order valence-electron chi connectivity index (χ0n) is 12.3. The average molecular weight is 369 g/mol. The fourth-order valence-corrected chi connectivity index (χ4v) is 3.73. The van der Waals surface area contributed by atoms with E-state index in [1.54, 1.807) is 6.08 Å². The molecule has 5 nitrogen and oxygen atoms in total. The molecular weight excluding hydrogens is 354 g/mol. The van der Waals surface area contributed by atoms with Gasteiger partial charge in [0.1, 0.15) is 4.32 Å². The maximum absolute atomic E-state index is 12.3. The zero-order valence-corrected chi connectivity index (χ0v) is 14.7. The molecule has 1 aromatic carbocycles. The number of nitrogens with zero attached hydrogens (tertiary/aromatic N) is 1. The molecule has 1 N–H and O–H groups in total. The molecule has 23 heavy (non-hydrogen) atoms. The van der Waals surface area contributed by atoms with Crippen molar-refractivity contribution in [2.75, 3.05) is 12.3 Å². The van der Waals surface area contributed by atoms with Gasteiger partial charge in [0.2, 0.25) is 0 Å². The van der Waals surface area contributed by atoms with Gasteiger partial charge in [0.15, 0.2) is 0 Å². The van der Waals surface area contributed by atoms with Crippen LogP contribution in [0.1, 0.15) is 12.5 Å². The van der Waals surface area contributed by atoms with Crippen molar-refractivity contribution in [2.45, 2.75) is 6.92 Å². The van der Waals surface area contributed by atoms with Crippen molar-refractivity contribution < 1.29 is 17.8 Å².